The minimum absolute atomic E-state index is 0.0785. The third-order valence-corrected chi connectivity index (χ3v) is 7.31. The molecule has 5 rings (SSSR count). The van der Waals surface area contributed by atoms with Gasteiger partial charge in [-0.3, -0.25) is 0 Å². The summed E-state index contributed by atoms with van der Waals surface area (Å²) in [6, 6.07) is 39.7. The highest BCUT2D eigenvalue weighted by Crippen LogP contribution is 2.45. The van der Waals surface area contributed by atoms with Crippen LogP contribution in [0.2, 0.25) is 0 Å². The smallest absolute Gasteiger partial charge is 0.338 e. The monoisotopic (exact) mass is 490 g/mol. The van der Waals surface area contributed by atoms with E-state index in [1.807, 2.05) is 72.8 Å². The van der Waals surface area contributed by atoms with Gasteiger partial charge in [-0.2, -0.15) is 0 Å². The molecular formula is C33H30O4. The highest BCUT2D eigenvalue weighted by Gasteiger charge is 2.46. The van der Waals surface area contributed by atoms with Crippen molar-refractivity contribution in [2.45, 2.75) is 24.5 Å². The molecule has 4 aromatic carbocycles. The van der Waals surface area contributed by atoms with Crippen LogP contribution in [0.4, 0.5) is 0 Å². The summed E-state index contributed by atoms with van der Waals surface area (Å²) in [5, 5.41) is 0. The summed E-state index contributed by atoms with van der Waals surface area (Å²) in [6.45, 7) is 0.427. The van der Waals surface area contributed by atoms with Gasteiger partial charge in [-0.05, 0) is 41.2 Å². The fraction of sp³-hybridized carbons (Fsp3) is 0.212. The quantitative estimate of drug-likeness (QED) is 0.146. The maximum Gasteiger partial charge on any atom is 0.338 e. The van der Waals surface area contributed by atoms with Crippen LogP contribution >= 0.6 is 0 Å². The van der Waals surface area contributed by atoms with Crippen LogP contribution in [0.15, 0.2) is 121 Å². The van der Waals surface area contributed by atoms with Gasteiger partial charge in [0.05, 0.1) is 12.2 Å². The predicted octanol–water partition coefficient (Wildman–Crippen LogP) is 6.45. The topological polar surface area (TPSA) is 52.6 Å². The van der Waals surface area contributed by atoms with Crippen molar-refractivity contribution in [1.82, 2.24) is 0 Å². The van der Waals surface area contributed by atoms with E-state index in [0.29, 0.717) is 25.0 Å². The number of rotatable bonds is 10. The van der Waals surface area contributed by atoms with Gasteiger partial charge in [-0.15, -0.1) is 0 Å². The minimum Gasteiger partial charge on any atom is -0.458 e. The molecule has 0 bridgehead atoms. The lowest BCUT2D eigenvalue weighted by molar-refractivity contribution is -0.123. The van der Waals surface area contributed by atoms with Gasteiger partial charge in [0.15, 0.2) is 0 Å². The zero-order valence-electron chi connectivity index (χ0n) is 20.6. The molecule has 0 unspecified atom stereocenters. The molecule has 4 aromatic rings. The molecule has 4 heteroatoms. The highest BCUT2D eigenvalue weighted by molar-refractivity contribution is 5.89. The second kappa shape index (κ2) is 11.4. The van der Waals surface area contributed by atoms with Crippen LogP contribution < -0.4 is 0 Å². The van der Waals surface area contributed by atoms with Gasteiger partial charge in [0.2, 0.25) is 0 Å². The standard InChI is InChI=1S/C33H30O4/c34-22-21-30-26(23-31(30)37-32(35)25-13-5-1-6-14-25)24-36-33(27-15-7-2-8-16-27,28-17-9-3-10-18-28)29-19-11-4-12-20-29/h1-20,22,26,30-31H,21,23-24H2/t26-,30+,31-/m0/s1. The Morgan fingerprint density at radius 1 is 0.730 bits per heavy atom. The summed E-state index contributed by atoms with van der Waals surface area (Å²) in [6.07, 6.45) is 1.60. The first-order valence-corrected chi connectivity index (χ1v) is 12.7. The van der Waals surface area contributed by atoms with E-state index in [-0.39, 0.29) is 23.9 Å². The number of hydrogen-bond acceptors (Lipinski definition) is 4. The number of ether oxygens (including phenoxy) is 2. The fourth-order valence-corrected chi connectivity index (χ4v) is 5.32. The lowest BCUT2D eigenvalue weighted by Crippen LogP contribution is -2.48. The Bertz CT molecular complexity index is 1190. The van der Waals surface area contributed by atoms with Crippen LogP contribution in [0.1, 0.15) is 39.9 Å². The number of carbonyl (C=O) groups is 2. The van der Waals surface area contributed by atoms with Crippen molar-refractivity contribution in [3.8, 4) is 0 Å². The maximum atomic E-state index is 12.6. The summed E-state index contributed by atoms with van der Waals surface area (Å²) in [5.41, 5.74) is 2.80. The number of esters is 1. The molecule has 0 aromatic heterocycles. The van der Waals surface area contributed by atoms with E-state index in [0.717, 1.165) is 23.0 Å². The third-order valence-electron chi connectivity index (χ3n) is 7.31. The Labute approximate surface area is 217 Å². The second-order valence-corrected chi connectivity index (χ2v) is 9.46. The van der Waals surface area contributed by atoms with Crippen molar-refractivity contribution in [2.75, 3.05) is 6.61 Å². The Morgan fingerprint density at radius 3 is 1.65 bits per heavy atom. The predicted molar refractivity (Wildman–Crippen MR) is 143 cm³/mol. The van der Waals surface area contributed by atoms with E-state index >= 15 is 0 Å². The first kappa shape index (κ1) is 24.7. The number of carbonyl (C=O) groups excluding carboxylic acids is 2. The van der Waals surface area contributed by atoms with Crippen molar-refractivity contribution in [3.05, 3.63) is 144 Å². The minimum atomic E-state index is -0.818. The average Bonchev–Trinajstić information content (AvgIpc) is 2.97. The molecule has 0 N–H and O–H groups in total. The van der Waals surface area contributed by atoms with Crippen LogP contribution in [0.25, 0.3) is 0 Å². The normalized spacial score (nSPS) is 19.0. The molecule has 1 fully saturated rings. The van der Waals surface area contributed by atoms with Gasteiger partial charge in [0.25, 0.3) is 0 Å². The lowest BCUT2D eigenvalue weighted by atomic mass is 9.69. The molecule has 0 heterocycles. The van der Waals surface area contributed by atoms with E-state index in [4.69, 9.17) is 9.47 Å². The second-order valence-electron chi connectivity index (χ2n) is 9.46. The SMILES string of the molecule is O=CC[C@@H]1[C@H](COC(c2ccccc2)(c2ccccc2)c2ccccc2)C[C@@H]1OC(=O)c1ccccc1. The van der Waals surface area contributed by atoms with Crippen LogP contribution in [0, 0.1) is 11.8 Å². The van der Waals surface area contributed by atoms with Gasteiger partial charge in [-0.1, -0.05) is 109 Å². The molecule has 0 amide bonds. The van der Waals surface area contributed by atoms with Gasteiger partial charge >= 0.3 is 5.97 Å². The van der Waals surface area contributed by atoms with Crippen LogP contribution in [0.5, 0.6) is 0 Å². The molecule has 1 aliphatic rings. The molecule has 0 aliphatic heterocycles. The number of benzene rings is 4. The molecule has 3 atom stereocenters. The summed E-state index contributed by atoms with van der Waals surface area (Å²) < 4.78 is 12.8. The lowest BCUT2D eigenvalue weighted by Gasteiger charge is -2.45. The van der Waals surface area contributed by atoms with Crippen LogP contribution in [-0.4, -0.2) is 25.0 Å². The Hall–Kier alpha value is -4.02. The largest absolute Gasteiger partial charge is 0.458 e. The Kier molecular flexibility index (Phi) is 7.57. The summed E-state index contributed by atoms with van der Waals surface area (Å²) in [5.74, 6) is -0.340. The molecule has 1 saturated carbocycles. The molecular weight excluding hydrogens is 460 g/mol. The van der Waals surface area contributed by atoms with Crippen molar-refractivity contribution in [3.63, 3.8) is 0 Å². The van der Waals surface area contributed by atoms with Crippen molar-refractivity contribution < 1.29 is 19.1 Å². The molecule has 186 valence electrons. The van der Waals surface area contributed by atoms with Crippen LogP contribution in [-0.2, 0) is 19.9 Å². The van der Waals surface area contributed by atoms with Gasteiger partial charge in [0.1, 0.15) is 18.0 Å². The first-order valence-electron chi connectivity index (χ1n) is 12.7. The number of hydrogen-bond donors (Lipinski definition) is 0. The fourth-order valence-electron chi connectivity index (χ4n) is 5.32. The van der Waals surface area contributed by atoms with Crippen molar-refractivity contribution >= 4 is 12.3 Å². The third kappa shape index (κ3) is 5.11. The molecule has 0 radical (unpaired) electrons. The Balaban J connectivity index is 1.42. The van der Waals surface area contributed by atoms with Crippen molar-refractivity contribution in [2.24, 2.45) is 11.8 Å². The maximum absolute atomic E-state index is 12.6. The molecule has 0 spiro atoms. The van der Waals surface area contributed by atoms with Crippen molar-refractivity contribution in [1.29, 1.82) is 0 Å². The van der Waals surface area contributed by atoms with Crippen LogP contribution in [0.3, 0.4) is 0 Å². The van der Waals surface area contributed by atoms with Gasteiger partial charge in [-0.25, -0.2) is 4.79 Å². The first-order chi connectivity index (χ1) is 18.2. The van der Waals surface area contributed by atoms with E-state index in [1.54, 1.807) is 12.1 Å². The zero-order valence-corrected chi connectivity index (χ0v) is 20.6. The molecule has 1 aliphatic carbocycles. The number of aldehydes is 1. The van der Waals surface area contributed by atoms with E-state index < -0.39 is 5.60 Å². The molecule has 37 heavy (non-hydrogen) atoms. The highest BCUT2D eigenvalue weighted by atomic mass is 16.5. The summed E-state index contributed by atoms with van der Waals surface area (Å²) in [4.78, 5) is 24.2. The van der Waals surface area contributed by atoms with E-state index in [2.05, 4.69) is 36.4 Å². The summed E-state index contributed by atoms with van der Waals surface area (Å²) in [7, 11) is 0. The Morgan fingerprint density at radius 2 is 1.19 bits per heavy atom. The average molecular weight is 491 g/mol. The zero-order chi connectivity index (χ0) is 25.5. The molecule has 0 saturated heterocycles. The van der Waals surface area contributed by atoms with Gasteiger partial charge in [0, 0.05) is 12.3 Å². The summed E-state index contributed by atoms with van der Waals surface area (Å²) >= 11 is 0. The van der Waals surface area contributed by atoms with Gasteiger partial charge < -0.3 is 14.3 Å². The molecule has 4 nitrogen and oxygen atoms in total. The van der Waals surface area contributed by atoms with E-state index in [1.165, 1.54) is 0 Å². The van der Waals surface area contributed by atoms with E-state index in [9.17, 15) is 9.59 Å².